The fourth-order valence-corrected chi connectivity index (χ4v) is 4.37. The van der Waals surface area contributed by atoms with Crippen molar-refractivity contribution in [2.24, 2.45) is 0 Å². The van der Waals surface area contributed by atoms with Crippen molar-refractivity contribution in [1.29, 1.82) is 0 Å². The van der Waals surface area contributed by atoms with Crippen molar-refractivity contribution in [3.8, 4) is 22.1 Å². The second kappa shape index (κ2) is 9.28. The SMILES string of the molecule is CC(Oc1c(F)c(F)c(F)c(F)c1F)C(=O)Oc1ccc2cc(-c3nc4ccccc4s3)c(=O)oc2c1. The summed E-state index contributed by atoms with van der Waals surface area (Å²) in [5.41, 5.74) is 0.348. The fraction of sp³-hybridized carbons (Fsp3) is 0.0800. The Labute approximate surface area is 207 Å². The maximum atomic E-state index is 13.8. The number of hydrogen-bond acceptors (Lipinski definition) is 7. The molecule has 2 aromatic heterocycles. The molecule has 0 bridgehead atoms. The Hall–Kier alpha value is -4.32. The lowest BCUT2D eigenvalue weighted by Gasteiger charge is -2.15. The minimum absolute atomic E-state index is 0.0634. The van der Waals surface area contributed by atoms with Gasteiger partial charge in [0.25, 0.3) is 0 Å². The van der Waals surface area contributed by atoms with Gasteiger partial charge >= 0.3 is 11.6 Å². The molecule has 0 N–H and O–H groups in total. The fourth-order valence-electron chi connectivity index (χ4n) is 3.40. The average molecular weight is 533 g/mol. The quantitative estimate of drug-likeness (QED) is 0.0675. The number of nitrogens with zero attached hydrogens (tertiary/aromatic N) is 1. The molecule has 188 valence electrons. The highest BCUT2D eigenvalue weighted by Gasteiger charge is 2.30. The van der Waals surface area contributed by atoms with Crippen LogP contribution in [0.25, 0.3) is 31.8 Å². The summed E-state index contributed by atoms with van der Waals surface area (Å²) in [6.45, 7) is 0.992. The molecule has 6 nitrogen and oxygen atoms in total. The number of halogens is 5. The lowest BCUT2D eigenvalue weighted by Crippen LogP contribution is -2.29. The molecule has 0 aliphatic rings. The van der Waals surface area contributed by atoms with Gasteiger partial charge in [-0.1, -0.05) is 12.1 Å². The summed E-state index contributed by atoms with van der Waals surface area (Å²) in [6, 6.07) is 13.0. The van der Waals surface area contributed by atoms with Gasteiger partial charge in [-0.2, -0.15) is 8.78 Å². The van der Waals surface area contributed by atoms with E-state index in [1.807, 2.05) is 24.3 Å². The molecule has 3 aromatic carbocycles. The van der Waals surface area contributed by atoms with Crippen molar-refractivity contribution in [2.75, 3.05) is 0 Å². The maximum Gasteiger partial charge on any atom is 0.352 e. The van der Waals surface area contributed by atoms with Gasteiger partial charge in [0.05, 0.1) is 15.8 Å². The zero-order valence-corrected chi connectivity index (χ0v) is 19.3. The Balaban J connectivity index is 1.38. The van der Waals surface area contributed by atoms with Gasteiger partial charge in [0, 0.05) is 11.5 Å². The molecule has 0 aliphatic heterocycles. The zero-order valence-electron chi connectivity index (χ0n) is 18.5. The molecule has 2 heterocycles. The molecule has 0 saturated heterocycles. The van der Waals surface area contributed by atoms with Crippen molar-refractivity contribution in [2.45, 2.75) is 13.0 Å². The lowest BCUT2D eigenvalue weighted by molar-refractivity contribution is -0.141. The number of esters is 1. The Morgan fingerprint density at radius 3 is 2.32 bits per heavy atom. The molecule has 1 atom stereocenters. The molecule has 37 heavy (non-hydrogen) atoms. The van der Waals surface area contributed by atoms with E-state index in [9.17, 15) is 31.5 Å². The van der Waals surface area contributed by atoms with Crippen molar-refractivity contribution in [3.63, 3.8) is 0 Å². The van der Waals surface area contributed by atoms with E-state index in [1.54, 1.807) is 6.07 Å². The molecule has 12 heteroatoms. The lowest BCUT2D eigenvalue weighted by atomic mass is 10.2. The van der Waals surface area contributed by atoms with E-state index in [4.69, 9.17) is 9.15 Å². The molecule has 5 aromatic rings. The van der Waals surface area contributed by atoms with E-state index in [0.29, 0.717) is 10.4 Å². The highest BCUT2D eigenvalue weighted by atomic mass is 32.1. The minimum Gasteiger partial charge on any atom is -0.473 e. The number of para-hydroxylation sites is 1. The summed E-state index contributed by atoms with van der Waals surface area (Å²) in [5, 5.41) is 0.950. The Kier molecular flexibility index (Phi) is 6.12. The van der Waals surface area contributed by atoms with Crippen LogP contribution in [0.1, 0.15) is 6.92 Å². The van der Waals surface area contributed by atoms with Gasteiger partial charge in [-0.3, -0.25) is 0 Å². The second-order valence-electron chi connectivity index (χ2n) is 7.71. The van der Waals surface area contributed by atoms with Crippen LogP contribution in [-0.4, -0.2) is 17.1 Å². The molecular weight excluding hydrogens is 521 g/mol. The Morgan fingerprint density at radius 2 is 1.62 bits per heavy atom. The number of rotatable bonds is 5. The van der Waals surface area contributed by atoms with Crippen LogP contribution in [0.15, 0.2) is 57.7 Å². The molecule has 0 saturated carbocycles. The van der Waals surface area contributed by atoms with Crippen molar-refractivity contribution < 1.29 is 40.6 Å². The van der Waals surface area contributed by atoms with E-state index < -0.39 is 52.5 Å². The van der Waals surface area contributed by atoms with E-state index in [-0.39, 0.29) is 16.9 Å². The number of fused-ring (bicyclic) bond motifs is 2. The van der Waals surface area contributed by atoms with Crippen LogP contribution in [0.3, 0.4) is 0 Å². The highest BCUT2D eigenvalue weighted by molar-refractivity contribution is 7.21. The molecule has 0 amide bonds. The number of carbonyl (C=O) groups excluding carboxylic acids is 1. The summed E-state index contributed by atoms with van der Waals surface area (Å²) in [5.74, 6) is -14.2. The maximum absolute atomic E-state index is 13.8. The second-order valence-corrected chi connectivity index (χ2v) is 8.74. The summed E-state index contributed by atoms with van der Waals surface area (Å²) in [6.07, 6.45) is -1.77. The predicted octanol–water partition coefficient (Wildman–Crippen LogP) is 6.14. The van der Waals surface area contributed by atoms with Gasteiger partial charge in [-0.15, -0.1) is 11.3 Å². The number of ether oxygens (including phenoxy) is 2. The standard InChI is InChI=1S/C25H12F5NO5S/c1-10(34-22-20(29)18(27)17(26)19(28)21(22)30)24(32)35-12-7-6-11-8-13(25(33)36-15(11)9-12)23-31-14-4-2-3-5-16(14)37-23/h2-10H,1H3. The molecular formula is C25H12F5NO5S. The topological polar surface area (TPSA) is 78.6 Å². The first-order chi connectivity index (χ1) is 17.6. The Morgan fingerprint density at radius 1 is 0.946 bits per heavy atom. The number of carbonyl (C=O) groups is 1. The summed E-state index contributed by atoms with van der Waals surface area (Å²) in [4.78, 5) is 29.4. The van der Waals surface area contributed by atoms with Crippen LogP contribution in [0, 0.1) is 29.1 Å². The van der Waals surface area contributed by atoms with Gasteiger partial charge < -0.3 is 13.9 Å². The average Bonchev–Trinajstić information content (AvgIpc) is 3.32. The third-order valence-electron chi connectivity index (χ3n) is 5.25. The van der Waals surface area contributed by atoms with E-state index in [1.165, 1.54) is 29.5 Å². The predicted molar refractivity (Wildman–Crippen MR) is 123 cm³/mol. The molecule has 0 radical (unpaired) electrons. The zero-order chi connectivity index (χ0) is 26.4. The third kappa shape index (κ3) is 4.40. The van der Waals surface area contributed by atoms with Gasteiger partial charge in [0.2, 0.25) is 29.1 Å². The van der Waals surface area contributed by atoms with Crippen molar-refractivity contribution in [3.05, 3.63) is 88.0 Å². The molecule has 5 rings (SSSR count). The minimum atomic E-state index is -2.36. The van der Waals surface area contributed by atoms with E-state index in [0.717, 1.165) is 17.1 Å². The number of benzene rings is 3. The van der Waals surface area contributed by atoms with Crippen LogP contribution in [0.4, 0.5) is 22.0 Å². The first-order valence-electron chi connectivity index (χ1n) is 10.5. The normalized spacial score (nSPS) is 12.2. The van der Waals surface area contributed by atoms with Crippen LogP contribution < -0.4 is 15.1 Å². The van der Waals surface area contributed by atoms with Crippen LogP contribution in [0.5, 0.6) is 11.5 Å². The largest absolute Gasteiger partial charge is 0.473 e. The third-order valence-corrected chi connectivity index (χ3v) is 6.32. The molecule has 0 spiro atoms. The highest BCUT2D eigenvalue weighted by Crippen LogP contribution is 2.32. The van der Waals surface area contributed by atoms with Crippen LogP contribution in [0.2, 0.25) is 0 Å². The Bertz CT molecular complexity index is 1700. The molecule has 1 unspecified atom stereocenters. The summed E-state index contributed by atoms with van der Waals surface area (Å²) >= 11 is 1.32. The first-order valence-corrected chi connectivity index (χ1v) is 11.3. The smallest absolute Gasteiger partial charge is 0.352 e. The summed E-state index contributed by atoms with van der Waals surface area (Å²) < 4.78 is 83.6. The van der Waals surface area contributed by atoms with Gasteiger partial charge in [-0.05, 0) is 37.3 Å². The number of aromatic nitrogens is 1. The van der Waals surface area contributed by atoms with Crippen molar-refractivity contribution >= 4 is 38.5 Å². The number of hydrogen-bond donors (Lipinski definition) is 0. The first kappa shape index (κ1) is 24.4. The monoisotopic (exact) mass is 533 g/mol. The van der Waals surface area contributed by atoms with Gasteiger partial charge in [-0.25, -0.2) is 27.7 Å². The van der Waals surface area contributed by atoms with Gasteiger partial charge in [0.15, 0.2) is 11.9 Å². The molecule has 0 aliphatic carbocycles. The van der Waals surface area contributed by atoms with Gasteiger partial charge in [0.1, 0.15) is 16.3 Å². The van der Waals surface area contributed by atoms with E-state index >= 15 is 0 Å². The number of thiazole rings is 1. The van der Waals surface area contributed by atoms with Crippen LogP contribution in [-0.2, 0) is 4.79 Å². The van der Waals surface area contributed by atoms with Crippen LogP contribution >= 0.6 is 11.3 Å². The van der Waals surface area contributed by atoms with Crippen molar-refractivity contribution in [1.82, 2.24) is 4.98 Å². The van der Waals surface area contributed by atoms with E-state index in [2.05, 4.69) is 9.72 Å². The molecule has 0 fully saturated rings. The summed E-state index contributed by atoms with van der Waals surface area (Å²) in [7, 11) is 0.